The maximum absolute atomic E-state index is 3.75. The molecule has 2 rings (SSSR count). The highest BCUT2D eigenvalue weighted by atomic mass is 14.9. The van der Waals surface area contributed by atoms with E-state index in [1.807, 2.05) is 0 Å². The Morgan fingerprint density at radius 1 is 1.06 bits per heavy atom. The first-order valence-electron chi connectivity index (χ1n) is 7.51. The molecule has 0 spiro atoms. The maximum atomic E-state index is 3.75. The molecule has 2 aliphatic rings. The molecule has 1 aliphatic carbocycles. The minimum Gasteiger partial charge on any atom is -0.314 e. The van der Waals surface area contributed by atoms with Gasteiger partial charge in [0.25, 0.3) is 0 Å². The minimum absolute atomic E-state index is 0.844. The Hall–Kier alpha value is -0.0400. The van der Waals surface area contributed by atoms with Gasteiger partial charge in [-0.15, -0.1) is 0 Å². The van der Waals surface area contributed by atoms with E-state index in [9.17, 15) is 0 Å². The van der Waals surface area contributed by atoms with Crippen LogP contribution in [-0.2, 0) is 0 Å². The Morgan fingerprint density at radius 2 is 1.88 bits per heavy atom. The summed E-state index contributed by atoms with van der Waals surface area (Å²) in [6.07, 6.45) is 11.8. The highest BCUT2D eigenvalue weighted by molar-refractivity contribution is 4.81. The summed E-state index contributed by atoms with van der Waals surface area (Å²) < 4.78 is 0. The molecule has 0 bridgehead atoms. The van der Waals surface area contributed by atoms with E-state index in [1.54, 1.807) is 0 Å². The van der Waals surface area contributed by atoms with Gasteiger partial charge in [-0.3, -0.25) is 0 Å². The van der Waals surface area contributed by atoms with Crippen molar-refractivity contribution < 1.29 is 0 Å². The van der Waals surface area contributed by atoms with Crippen molar-refractivity contribution in [1.82, 2.24) is 5.32 Å². The molecule has 0 amide bonds. The molecule has 1 aliphatic heterocycles. The second kappa shape index (κ2) is 6.05. The maximum Gasteiger partial charge on any atom is 0.00699 e. The summed E-state index contributed by atoms with van der Waals surface area (Å²) in [5.74, 6) is 2.98. The monoisotopic (exact) mass is 223 g/mol. The Labute approximate surface area is 101 Å². The van der Waals surface area contributed by atoms with E-state index in [0.29, 0.717) is 0 Å². The number of hydrogen-bond acceptors (Lipinski definition) is 1. The van der Waals surface area contributed by atoms with E-state index in [1.165, 1.54) is 57.9 Å². The molecule has 0 radical (unpaired) electrons. The van der Waals surface area contributed by atoms with Crippen LogP contribution in [0.4, 0.5) is 0 Å². The number of hydrogen-bond donors (Lipinski definition) is 1. The lowest BCUT2D eigenvalue weighted by Gasteiger charge is -2.34. The van der Waals surface area contributed by atoms with Crippen LogP contribution in [-0.4, -0.2) is 12.6 Å². The lowest BCUT2D eigenvalue weighted by Crippen LogP contribution is -2.39. The van der Waals surface area contributed by atoms with Crippen LogP contribution in [0.15, 0.2) is 0 Å². The van der Waals surface area contributed by atoms with Crippen molar-refractivity contribution in [3.63, 3.8) is 0 Å². The van der Waals surface area contributed by atoms with Gasteiger partial charge in [0.05, 0.1) is 0 Å². The highest BCUT2D eigenvalue weighted by Crippen LogP contribution is 2.34. The van der Waals surface area contributed by atoms with Crippen LogP contribution in [0.3, 0.4) is 0 Å². The third-order valence-electron chi connectivity index (χ3n) is 4.85. The van der Waals surface area contributed by atoms with E-state index in [0.717, 1.165) is 23.8 Å². The molecule has 0 aromatic carbocycles. The van der Waals surface area contributed by atoms with Gasteiger partial charge in [-0.2, -0.15) is 0 Å². The molecular weight excluding hydrogens is 194 g/mol. The molecular formula is C15H29N. The summed E-state index contributed by atoms with van der Waals surface area (Å²) >= 11 is 0. The van der Waals surface area contributed by atoms with E-state index in [4.69, 9.17) is 0 Å². The topological polar surface area (TPSA) is 12.0 Å². The summed E-state index contributed by atoms with van der Waals surface area (Å²) in [5.41, 5.74) is 0. The molecule has 16 heavy (non-hydrogen) atoms. The lowest BCUT2D eigenvalue weighted by atomic mass is 9.76. The molecule has 1 saturated heterocycles. The molecule has 2 fully saturated rings. The zero-order valence-corrected chi connectivity index (χ0v) is 11.2. The summed E-state index contributed by atoms with van der Waals surface area (Å²) in [6, 6.07) is 0.844. The Morgan fingerprint density at radius 3 is 2.56 bits per heavy atom. The molecule has 0 aromatic rings. The predicted octanol–water partition coefficient (Wildman–Crippen LogP) is 3.98. The fourth-order valence-electron chi connectivity index (χ4n) is 3.65. The van der Waals surface area contributed by atoms with Crippen molar-refractivity contribution in [2.75, 3.05) is 6.54 Å². The van der Waals surface area contributed by atoms with Crippen molar-refractivity contribution in [2.24, 2.45) is 17.8 Å². The minimum atomic E-state index is 0.844. The van der Waals surface area contributed by atoms with Crippen molar-refractivity contribution >= 4 is 0 Å². The first-order valence-corrected chi connectivity index (χ1v) is 7.51. The summed E-state index contributed by atoms with van der Waals surface area (Å²) in [4.78, 5) is 0. The number of nitrogens with one attached hydrogen (secondary N) is 1. The van der Waals surface area contributed by atoms with E-state index >= 15 is 0 Å². The van der Waals surface area contributed by atoms with Gasteiger partial charge in [-0.25, -0.2) is 0 Å². The predicted molar refractivity (Wildman–Crippen MR) is 70.5 cm³/mol. The van der Waals surface area contributed by atoms with E-state index in [2.05, 4.69) is 19.2 Å². The summed E-state index contributed by atoms with van der Waals surface area (Å²) in [6.45, 7) is 6.00. The molecule has 1 nitrogen and oxygen atoms in total. The highest BCUT2D eigenvalue weighted by Gasteiger charge is 2.25. The van der Waals surface area contributed by atoms with Gasteiger partial charge in [0.15, 0.2) is 0 Å². The van der Waals surface area contributed by atoms with Crippen molar-refractivity contribution in [2.45, 2.75) is 71.3 Å². The zero-order chi connectivity index (χ0) is 11.4. The van der Waals surface area contributed by atoms with Crippen molar-refractivity contribution in [3.05, 3.63) is 0 Å². The standard InChI is InChI=1S/C15H29N/c1-3-13-5-4-6-14(9-13)10-15-8-7-12(2)11-16-15/h12-16H,3-11H2,1-2H3. The second-order valence-corrected chi connectivity index (χ2v) is 6.33. The first kappa shape index (κ1) is 12.4. The molecule has 4 atom stereocenters. The van der Waals surface area contributed by atoms with Gasteiger partial charge in [0.2, 0.25) is 0 Å². The lowest BCUT2D eigenvalue weighted by molar-refractivity contribution is 0.209. The van der Waals surface area contributed by atoms with Crippen LogP contribution in [0.2, 0.25) is 0 Å². The average Bonchev–Trinajstić information content (AvgIpc) is 2.32. The number of piperidine rings is 1. The largest absolute Gasteiger partial charge is 0.314 e. The molecule has 4 unspecified atom stereocenters. The van der Waals surface area contributed by atoms with Gasteiger partial charge in [0, 0.05) is 6.04 Å². The van der Waals surface area contributed by atoms with Crippen LogP contribution in [0.5, 0.6) is 0 Å². The third-order valence-corrected chi connectivity index (χ3v) is 4.85. The van der Waals surface area contributed by atoms with Crippen LogP contribution < -0.4 is 5.32 Å². The normalized spacial score (nSPS) is 40.9. The smallest absolute Gasteiger partial charge is 0.00699 e. The molecule has 94 valence electrons. The SMILES string of the molecule is CCC1CCCC(CC2CCC(C)CN2)C1. The third kappa shape index (κ3) is 3.48. The fourth-order valence-corrected chi connectivity index (χ4v) is 3.65. The summed E-state index contributed by atoms with van der Waals surface area (Å²) in [7, 11) is 0. The molecule has 1 heterocycles. The van der Waals surface area contributed by atoms with Gasteiger partial charge >= 0.3 is 0 Å². The van der Waals surface area contributed by atoms with Crippen molar-refractivity contribution in [1.29, 1.82) is 0 Å². The van der Waals surface area contributed by atoms with Gasteiger partial charge < -0.3 is 5.32 Å². The molecule has 0 aromatic heterocycles. The van der Waals surface area contributed by atoms with Crippen molar-refractivity contribution in [3.8, 4) is 0 Å². The average molecular weight is 223 g/mol. The molecule has 1 saturated carbocycles. The second-order valence-electron chi connectivity index (χ2n) is 6.33. The fraction of sp³-hybridized carbons (Fsp3) is 1.00. The van der Waals surface area contributed by atoms with Gasteiger partial charge in [0.1, 0.15) is 0 Å². The Bertz CT molecular complexity index is 194. The zero-order valence-electron chi connectivity index (χ0n) is 11.2. The van der Waals surface area contributed by atoms with Crippen LogP contribution >= 0.6 is 0 Å². The van der Waals surface area contributed by atoms with E-state index in [-0.39, 0.29) is 0 Å². The number of rotatable bonds is 3. The van der Waals surface area contributed by atoms with E-state index < -0.39 is 0 Å². The first-order chi connectivity index (χ1) is 7.78. The Balaban J connectivity index is 1.72. The van der Waals surface area contributed by atoms with Gasteiger partial charge in [-0.05, 0) is 50.0 Å². The Kier molecular flexibility index (Phi) is 4.69. The van der Waals surface area contributed by atoms with Crippen LogP contribution in [0, 0.1) is 17.8 Å². The van der Waals surface area contributed by atoms with Gasteiger partial charge in [-0.1, -0.05) is 39.5 Å². The van der Waals surface area contributed by atoms with Crippen LogP contribution in [0.1, 0.15) is 65.2 Å². The summed E-state index contributed by atoms with van der Waals surface area (Å²) in [5, 5.41) is 3.75. The quantitative estimate of drug-likeness (QED) is 0.763. The molecule has 1 N–H and O–H groups in total. The molecule has 1 heteroatoms. The van der Waals surface area contributed by atoms with Crippen LogP contribution in [0.25, 0.3) is 0 Å².